The molecule has 0 heterocycles. The van der Waals surface area contributed by atoms with E-state index in [1.54, 1.807) is 48.5 Å². The summed E-state index contributed by atoms with van der Waals surface area (Å²) in [6.45, 7) is 1.43. The molecule has 0 fully saturated rings. The fraction of sp³-hybridized carbons (Fsp3) is 0.158. The van der Waals surface area contributed by atoms with Crippen molar-refractivity contribution < 1.29 is 19.1 Å². The summed E-state index contributed by atoms with van der Waals surface area (Å²) in [5.41, 5.74) is 6.01. The van der Waals surface area contributed by atoms with Gasteiger partial charge in [0.1, 0.15) is 6.07 Å². The fourth-order valence-corrected chi connectivity index (χ4v) is 2.89. The Bertz CT molecular complexity index is 908. The smallest absolute Gasteiger partial charge is 0.340 e. The van der Waals surface area contributed by atoms with Gasteiger partial charge < -0.3 is 15.8 Å². The maximum atomic E-state index is 12.4. The van der Waals surface area contributed by atoms with Gasteiger partial charge in [-0.2, -0.15) is 5.26 Å². The van der Waals surface area contributed by atoms with E-state index in [4.69, 9.17) is 15.7 Å². The molecule has 138 valence electrons. The Morgan fingerprint density at radius 2 is 1.85 bits per heavy atom. The van der Waals surface area contributed by atoms with Crippen LogP contribution in [0.15, 0.2) is 53.4 Å². The first-order valence-electron chi connectivity index (χ1n) is 7.93. The van der Waals surface area contributed by atoms with E-state index in [0.29, 0.717) is 16.1 Å². The molecule has 0 aliphatic carbocycles. The zero-order valence-corrected chi connectivity index (χ0v) is 15.3. The molecule has 0 saturated heterocycles. The fourth-order valence-electron chi connectivity index (χ4n) is 2.11. The average Bonchev–Trinajstić information content (AvgIpc) is 2.66. The second-order valence-corrected chi connectivity index (χ2v) is 6.46. The number of rotatable bonds is 7. The lowest BCUT2D eigenvalue weighted by Gasteiger charge is -2.15. The van der Waals surface area contributed by atoms with Gasteiger partial charge in [0.2, 0.25) is 5.91 Å². The van der Waals surface area contributed by atoms with Crippen molar-refractivity contribution in [3.63, 3.8) is 0 Å². The third-order valence-electron chi connectivity index (χ3n) is 3.44. The van der Waals surface area contributed by atoms with E-state index in [0.717, 1.165) is 11.8 Å². The van der Waals surface area contributed by atoms with Crippen molar-refractivity contribution in [1.29, 1.82) is 5.26 Å². The highest BCUT2D eigenvalue weighted by atomic mass is 32.2. The molecule has 0 radical (unpaired) electrons. The highest BCUT2D eigenvalue weighted by molar-refractivity contribution is 8.00. The van der Waals surface area contributed by atoms with E-state index in [2.05, 4.69) is 5.32 Å². The summed E-state index contributed by atoms with van der Waals surface area (Å²) in [6.07, 6.45) is -1.08. The van der Waals surface area contributed by atoms with Crippen LogP contribution in [0, 0.1) is 11.3 Å². The summed E-state index contributed by atoms with van der Waals surface area (Å²) in [7, 11) is 0. The molecular weight excluding hydrogens is 366 g/mol. The van der Waals surface area contributed by atoms with Gasteiger partial charge in [-0.1, -0.05) is 24.3 Å². The molecule has 1 unspecified atom stereocenters. The first-order chi connectivity index (χ1) is 12.9. The van der Waals surface area contributed by atoms with Crippen LogP contribution in [-0.2, 0) is 14.3 Å². The number of esters is 1. The van der Waals surface area contributed by atoms with Gasteiger partial charge in [0.15, 0.2) is 6.10 Å². The zero-order valence-electron chi connectivity index (χ0n) is 14.5. The normalized spacial score (nSPS) is 11.1. The number of amides is 2. The first kappa shape index (κ1) is 20.0. The number of nitrogens with two attached hydrogens (primary N) is 1. The molecule has 0 saturated carbocycles. The van der Waals surface area contributed by atoms with Crippen LogP contribution in [-0.4, -0.2) is 29.6 Å². The van der Waals surface area contributed by atoms with Gasteiger partial charge in [-0.3, -0.25) is 9.59 Å². The number of primary amides is 1. The quantitative estimate of drug-likeness (QED) is 0.559. The van der Waals surface area contributed by atoms with Gasteiger partial charge in [0, 0.05) is 4.90 Å². The minimum Gasteiger partial charge on any atom is -0.449 e. The summed E-state index contributed by atoms with van der Waals surface area (Å²) in [6, 6.07) is 15.1. The van der Waals surface area contributed by atoms with E-state index < -0.39 is 23.9 Å². The molecule has 7 nitrogen and oxygen atoms in total. The molecule has 0 bridgehead atoms. The van der Waals surface area contributed by atoms with Crippen LogP contribution < -0.4 is 11.1 Å². The molecule has 0 aliphatic heterocycles. The predicted octanol–water partition coefficient (Wildman–Crippen LogP) is 2.32. The zero-order chi connectivity index (χ0) is 19.8. The van der Waals surface area contributed by atoms with Crippen LogP contribution in [0.4, 0.5) is 5.69 Å². The minimum absolute atomic E-state index is 0.0191. The number of nitriles is 1. The van der Waals surface area contributed by atoms with E-state index >= 15 is 0 Å². The van der Waals surface area contributed by atoms with Crippen molar-refractivity contribution in [2.45, 2.75) is 17.9 Å². The van der Waals surface area contributed by atoms with Crippen LogP contribution in [0.1, 0.15) is 22.8 Å². The maximum Gasteiger partial charge on any atom is 0.340 e. The molecule has 27 heavy (non-hydrogen) atoms. The van der Waals surface area contributed by atoms with Gasteiger partial charge in [-0.25, -0.2) is 4.79 Å². The summed E-state index contributed by atoms with van der Waals surface area (Å²) in [5, 5.41) is 11.6. The van der Waals surface area contributed by atoms with Crippen molar-refractivity contribution in [2.75, 3.05) is 11.1 Å². The minimum atomic E-state index is -1.08. The third kappa shape index (κ3) is 5.59. The average molecular weight is 383 g/mol. The van der Waals surface area contributed by atoms with Crippen molar-refractivity contribution in [2.24, 2.45) is 5.73 Å². The SMILES string of the molecule is CC(OC(=O)c1ccccc1SCC(N)=O)C(=O)Nc1ccccc1C#N. The highest BCUT2D eigenvalue weighted by Gasteiger charge is 2.21. The molecule has 3 N–H and O–H groups in total. The first-order valence-corrected chi connectivity index (χ1v) is 8.92. The van der Waals surface area contributed by atoms with E-state index in [1.807, 2.05) is 6.07 Å². The summed E-state index contributed by atoms with van der Waals surface area (Å²) < 4.78 is 5.23. The second kappa shape index (κ2) is 9.40. The Morgan fingerprint density at radius 1 is 1.19 bits per heavy atom. The number of benzene rings is 2. The van der Waals surface area contributed by atoms with Gasteiger partial charge in [0.25, 0.3) is 5.91 Å². The lowest BCUT2D eigenvalue weighted by Crippen LogP contribution is -2.30. The summed E-state index contributed by atoms with van der Waals surface area (Å²) in [5.74, 6) is -1.75. The van der Waals surface area contributed by atoms with Crippen molar-refractivity contribution in [3.05, 3.63) is 59.7 Å². The molecule has 0 aromatic heterocycles. The van der Waals surface area contributed by atoms with Gasteiger partial charge in [0.05, 0.1) is 22.6 Å². The molecular formula is C19H17N3O4S. The number of hydrogen-bond acceptors (Lipinski definition) is 6. The van der Waals surface area contributed by atoms with E-state index in [-0.39, 0.29) is 11.3 Å². The number of hydrogen-bond donors (Lipinski definition) is 2. The molecule has 0 aliphatic rings. The largest absolute Gasteiger partial charge is 0.449 e. The topological polar surface area (TPSA) is 122 Å². The van der Waals surface area contributed by atoms with Crippen LogP contribution in [0.5, 0.6) is 0 Å². The number of para-hydroxylation sites is 1. The summed E-state index contributed by atoms with van der Waals surface area (Å²) >= 11 is 1.11. The number of nitrogens with zero attached hydrogens (tertiary/aromatic N) is 1. The lowest BCUT2D eigenvalue weighted by molar-refractivity contribution is -0.123. The van der Waals surface area contributed by atoms with E-state index in [9.17, 15) is 14.4 Å². The second-order valence-electron chi connectivity index (χ2n) is 5.45. The van der Waals surface area contributed by atoms with E-state index in [1.165, 1.54) is 6.92 Å². The van der Waals surface area contributed by atoms with Gasteiger partial charge in [-0.05, 0) is 31.2 Å². The Hall–Kier alpha value is -3.31. The Morgan fingerprint density at radius 3 is 2.56 bits per heavy atom. The van der Waals surface area contributed by atoms with Gasteiger partial charge >= 0.3 is 5.97 Å². The molecule has 0 spiro atoms. The molecule has 8 heteroatoms. The molecule has 1 atom stereocenters. The monoisotopic (exact) mass is 383 g/mol. The van der Waals surface area contributed by atoms with Crippen LogP contribution in [0.2, 0.25) is 0 Å². The number of carbonyl (C=O) groups excluding carboxylic acids is 3. The molecule has 2 aromatic rings. The standard InChI is InChI=1S/C19H17N3O4S/c1-12(18(24)22-15-8-4-2-6-13(15)10-20)26-19(25)14-7-3-5-9-16(14)27-11-17(21)23/h2-9,12H,11H2,1H3,(H2,21,23)(H,22,24). The van der Waals surface area contributed by atoms with Crippen LogP contribution in [0.25, 0.3) is 0 Å². The third-order valence-corrected chi connectivity index (χ3v) is 4.53. The van der Waals surface area contributed by atoms with Crippen LogP contribution >= 0.6 is 11.8 Å². The Kier molecular flexibility index (Phi) is 6.97. The maximum absolute atomic E-state index is 12.4. The highest BCUT2D eigenvalue weighted by Crippen LogP contribution is 2.23. The lowest BCUT2D eigenvalue weighted by atomic mass is 10.2. The molecule has 2 rings (SSSR count). The van der Waals surface area contributed by atoms with Gasteiger partial charge in [-0.15, -0.1) is 11.8 Å². The van der Waals surface area contributed by atoms with Crippen molar-refractivity contribution in [3.8, 4) is 6.07 Å². The number of nitrogens with one attached hydrogen (secondary N) is 1. The predicted molar refractivity (Wildman–Crippen MR) is 101 cm³/mol. The number of carbonyl (C=O) groups is 3. The summed E-state index contributed by atoms with van der Waals surface area (Å²) in [4.78, 5) is 36.2. The number of ether oxygens (including phenoxy) is 1. The van der Waals surface area contributed by atoms with Crippen molar-refractivity contribution >= 4 is 35.2 Å². The molecule has 2 aromatic carbocycles. The molecule has 2 amide bonds. The Labute approximate surface area is 160 Å². The number of anilines is 1. The Balaban J connectivity index is 2.06. The van der Waals surface area contributed by atoms with Crippen LogP contribution in [0.3, 0.4) is 0 Å². The van der Waals surface area contributed by atoms with Crippen molar-refractivity contribution in [1.82, 2.24) is 0 Å². The number of thioether (sulfide) groups is 1.